The van der Waals surface area contributed by atoms with Gasteiger partial charge in [-0.1, -0.05) is 12.1 Å². The molecule has 3 heterocycles. The van der Waals surface area contributed by atoms with Crippen molar-refractivity contribution in [3.63, 3.8) is 0 Å². The third-order valence-electron chi connectivity index (χ3n) is 3.50. The Kier molecular flexibility index (Phi) is 4.03. The van der Waals surface area contributed by atoms with Gasteiger partial charge in [-0.05, 0) is 24.9 Å². The van der Waals surface area contributed by atoms with Crippen LogP contribution in [0, 0.1) is 0 Å². The molecule has 21 heavy (non-hydrogen) atoms. The van der Waals surface area contributed by atoms with Gasteiger partial charge in [-0.15, -0.1) is 11.3 Å². The number of oxime groups is 1. The monoisotopic (exact) mass is 306 g/mol. The molecule has 0 aromatic carbocycles. The van der Waals surface area contributed by atoms with Crippen LogP contribution < -0.4 is 5.56 Å². The van der Waals surface area contributed by atoms with Gasteiger partial charge in [0, 0.05) is 13.0 Å². The fourth-order valence-corrected chi connectivity index (χ4v) is 3.18. The van der Waals surface area contributed by atoms with E-state index in [0.717, 1.165) is 30.6 Å². The van der Waals surface area contributed by atoms with Gasteiger partial charge in [0.05, 0.1) is 17.8 Å². The number of thiophene rings is 1. The van der Waals surface area contributed by atoms with Gasteiger partial charge in [0.2, 0.25) is 0 Å². The molecule has 112 valence electrons. The van der Waals surface area contributed by atoms with Crippen LogP contribution >= 0.6 is 11.3 Å². The summed E-state index contributed by atoms with van der Waals surface area (Å²) in [6.45, 7) is 3.43. The zero-order chi connectivity index (χ0) is 14.8. The summed E-state index contributed by atoms with van der Waals surface area (Å²) < 4.78 is 0.682. The number of nitrogens with zero attached hydrogens (tertiary/aromatic N) is 3. The van der Waals surface area contributed by atoms with E-state index in [1.165, 1.54) is 11.3 Å². The van der Waals surface area contributed by atoms with Gasteiger partial charge < -0.3 is 9.82 Å². The zero-order valence-electron chi connectivity index (χ0n) is 12.1. The topological polar surface area (TPSA) is 70.6 Å². The maximum Gasteiger partial charge on any atom is 0.268 e. The molecule has 1 aliphatic rings. The van der Waals surface area contributed by atoms with Crippen molar-refractivity contribution in [2.24, 2.45) is 5.16 Å². The Labute approximate surface area is 126 Å². The first-order valence-corrected chi connectivity index (χ1v) is 7.90. The minimum Gasteiger partial charge on any atom is -0.391 e. The predicted molar refractivity (Wildman–Crippen MR) is 83.8 cm³/mol. The Hall–Kier alpha value is -1.73. The maximum absolute atomic E-state index is 11.9. The molecule has 6 nitrogen and oxygen atoms in total. The van der Waals surface area contributed by atoms with Crippen LogP contribution in [-0.4, -0.2) is 40.3 Å². The number of rotatable bonds is 5. The summed E-state index contributed by atoms with van der Waals surface area (Å²) >= 11 is 1.42. The second kappa shape index (κ2) is 5.95. The highest BCUT2D eigenvalue weighted by atomic mass is 32.1. The molecule has 3 rings (SSSR count). The number of hydrogen-bond donors (Lipinski definition) is 1. The molecule has 1 aliphatic heterocycles. The standard InChI is InChI=1S/C14H18N4O2S/c1-3-9-6-10(20-17-9)7-18(2)8-12-15-11-4-5-21-13(11)14(19)16-12/h4-5,10H,3,6-8H2,1-2H3,(H,15,16,19). The molecule has 0 saturated heterocycles. The van der Waals surface area contributed by atoms with Crippen molar-refractivity contribution in [2.45, 2.75) is 32.4 Å². The SMILES string of the molecule is CCC1=NOC(CN(C)Cc2nc3ccsc3c(=O)[nH]2)C1. The summed E-state index contributed by atoms with van der Waals surface area (Å²) in [7, 11) is 1.99. The Balaban J connectivity index is 1.64. The van der Waals surface area contributed by atoms with Crippen molar-refractivity contribution in [1.29, 1.82) is 0 Å². The summed E-state index contributed by atoms with van der Waals surface area (Å²) in [6.07, 6.45) is 1.92. The van der Waals surface area contributed by atoms with Crippen LogP contribution in [0.1, 0.15) is 25.6 Å². The maximum atomic E-state index is 11.9. The lowest BCUT2D eigenvalue weighted by molar-refractivity contribution is 0.0571. The molecule has 0 bridgehead atoms. The van der Waals surface area contributed by atoms with Gasteiger partial charge in [-0.3, -0.25) is 9.69 Å². The highest BCUT2D eigenvalue weighted by Gasteiger charge is 2.21. The van der Waals surface area contributed by atoms with Gasteiger partial charge in [0.15, 0.2) is 0 Å². The number of hydrogen-bond acceptors (Lipinski definition) is 6. The van der Waals surface area contributed by atoms with E-state index in [4.69, 9.17) is 4.84 Å². The molecule has 0 spiro atoms. The smallest absolute Gasteiger partial charge is 0.268 e. The number of fused-ring (bicyclic) bond motifs is 1. The van der Waals surface area contributed by atoms with Gasteiger partial charge in [0.1, 0.15) is 16.6 Å². The van der Waals surface area contributed by atoms with Crippen molar-refractivity contribution < 1.29 is 4.84 Å². The van der Waals surface area contributed by atoms with E-state index in [9.17, 15) is 4.79 Å². The van der Waals surface area contributed by atoms with Crippen molar-refractivity contribution in [3.05, 3.63) is 27.6 Å². The Morgan fingerprint density at radius 1 is 1.57 bits per heavy atom. The molecule has 0 aliphatic carbocycles. The number of aromatic nitrogens is 2. The van der Waals surface area contributed by atoms with Crippen LogP contribution in [0.25, 0.3) is 10.2 Å². The molecule has 0 saturated carbocycles. The van der Waals surface area contributed by atoms with Crippen LogP contribution in [0.15, 0.2) is 21.4 Å². The molecule has 0 amide bonds. The first kappa shape index (κ1) is 14.2. The highest BCUT2D eigenvalue weighted by molar-refractivity contribution is 7.17. The summed E-state index contributed by atoms with van der Waals surface area (Å²) in [5.74, 6) is 0.683. The van der Waals surface area contributed by atoms with Crippen LogP contribution in [0.5, 0.6) is 0 Å². The van der Waals surface area contributed by atoms with Crippen LogP contribution in [0.2, 0.25) is 0 Å². The van der Waals surface area contributed by atoms with Crippen molar-refractivity contribution in [1.82, 2.24) is 14.9 Å². The van der Waals surface area contributed by atoms with E-state index in [1.54, 1.807) is 0 Å². The van der Waals surface area contributed by atoms with Gasteiger partial charge in [-0.2, -0.15) is 0 Å². The van der Waals surface area contributed by atoms with E-state index in [2.05, 4.69) is 26.9 Å². The normalized spacial score (nSPS) is 18.2. The van der Waals surface area contributed by atoms with Crippen LogP contribution in [0.4, 0.5) is 0 Å². The average molecular weight is 306 g/mol. The molecule has 0 fully saturated rings. The van der Waals surface area contributed by atoms with Crippen LogP contribution in [0.3, 0.4) is 0 Å². The predicted octanol–water partition coefficient (Wildman–Crippen LogP) is 1.97. The van der Waals surface area contributed by atoms with E-state index in [1.807, 2.05) is 18.5 Å². The average Bonchev–Trinajstić information content (AvgIpc) is 3.07. The fraction of sp³-hybridized carbons (Fsp3) is 0.500. The van der Waals surface area contributed by atoms with E-state index in [-0.39, 0.29) is 11.7 Å². The lowest BCUT2D eigenvalue weighted by Gasteiger charge is -2.18. The second-order valence-electron chi connectivity index (χ2n) is 5.29. The molecule has 2 aromatic rings. The fourth-order valence-electron chi connectivity index (χ4n) is 2.46. The summed E-state index contributed by atoms with van der Waals surface area (Å²) in [6, 6.07) is 1.88. The van der Waals surface area contributed by atoms with Crippen molar-refractivity contribution in [3.8, 4) is 0 Å². The molecular weight excluding hydrogens is 288 g/mol. The zero-order valence-corrected chi connectivity index (χ0v) is 12.9. The quantitative estimate of drug-likeness (QED) is 0.917. The van der Waals surface area contributed by atoms with E-state index in [0.29, 0.717) is 17.1 Å². The minimum atomic E-state index is -0.0629. The van der Waals surface area contributed by atoms with Crippen LogP contribution in [-0.2, 0) is 11.4 Å². The first-order valence-electron chi connectivity index (χ1n) is 7.02. The Morgan fingerprint density at radius 3 is 3.19 bits per heavy atom. The molecule has 1 N–H and O–H groups in total. The van der Waals surface area contributed by atoms with Gasteiger partial charge in [-0.25, -0.2) is 4.98 Å². The Bertz CT molecular complexity index is 721. The number of nitrogens with one attached hydrogen (secondary N) is 1. The molecular formula is C14H18N4O2S. The summed E-state index contributed by atoms with van der Waals surface area (Å²) in [4.78, 5) is 26.7. The minimum absolute atomic E-state index is 0.0629. The van der Waals surface area contributed by atoms with Crippen molar-refractivity contribution >= 4 is 27.3 Å². The number of likely N-dealkylation sites (N-methyl/N-ethyl adjacent to an activating group) is 1. The van der Waals surface area contributed by atoms with Crippen molar-refractivity contribution in [2.75, 3.05) is 13.6 Å². The summed E-state index contributed by atoms with van der Waals surface area (Å²) in [5, 5.41) is 5.95. The molecule has 2 aromatic heterocycles. The number of aromatic amines is 1. The molecule has 0 radical (unpaired) electrons. The van der Waals surface area contributed by atoms with E-state index >= 15 is 0 Å². The summed E-state index contributed by atoms with van der Waals surface area (Å²) in [5.41, 5.74) is 1.81. The lowest BCUT2D eigenvalue weighted by Crippen LogP contribution is -2.30. The third kappa shape index (κ3) is 3.14. The largest absolute Gasteiger partial charge is 0.391 e. The van der Waals surface area contributed by atoms with Gasteiger partial charge in [0.25, 0.3) is 5.56 Å². The first-order chi connectivity index (χ1) is 10.2. The van der Waals surface area contributed by atoms with Gasteiger partial charge >= 0.3 is 0 Å². The Morgan fingerprint density at radius 2 is 2.43 bits per heavy atom. The highest BCUT2D eigenvalue weighted by Crippen LogP contribution is 2.16. The molecule has 7 heteroatoms. The second-order valence-corrected chi connectivity index (χ2v) is 6.20. The third-order valence-corrected chi connectivity index (χ3v) is 4.40. The molecule has 1 atom stereocenters. The van der Waals surface area contributed by atoms with E-state index < -0.39 is 0 Å². The number of H-pyrrole nitrogens is 1. The lowest BCUT2D eigenvalue weighted by atomic mass is 10.1. The molecule has 1 unspecified atom stereocenters.